The molecule has 2 aliphatic rings. The molecule has 27 heavy (non-hydrogen) atoms. The number of fused-ring (bicyclic) bond motifs is 1. The smallest absolute Gasteiger partial charge is 0.480 e. The van der Waals surface area contributed by atoms with Crippen LogP contribution in [0.1, 0.15) is 32.1 Å². The molecular weight excluding hydrogens is 392 g/mol. The predicted molar refractivity (Wildman–Crippen MR) is 76.9 cm³/mol. The summed E-state index contributed by atoms with van der Waals surface area (Å²) in [4.78, 5) is 28.6. The van der Waals surface area contributed by atoms with Crippen LogP contribution in [0.15, 0.2) is 0 Å². The van der Waals surface area contributed by atoms with Gasteiger partial charge in [0.25, 0.3) is 0 Å². The quantitative estimate of drug-likeness (QED) is 0.489. The van der Waals surface area contributed by atoms with E-state index in [4.69, 9.17) is 24.9 Å². The Hall–Kier alpha value is -2.05. The van der Waals surface area contributed by atoms with Crippen LogP contribution in [0.2, 0.25) is 0 Å². The van der Waals surface area contributed by atoms with Crippen LogP contribution in [0, 0.1) is 11.8 Å². The molecule has 0 aromatic rings. The van der Waals surface area contributed by atoms with Gasteiger partial charge in [-0.15, -0.1) is 0 Å². The highest BCUT2D eigenvalue weighted by molar-refractivity contribution is 5.74. The van der Waals surface area contributed by atoms with Gasteiger partial charge in [0.1, 0.15) is 6.04 Å². The number of hydrogen-bond acceptors (Lipinski definition) is 4. The second-order valence-corrected chi connectivity index (χ2v) is 5.95. The van der Waals surface area contributed by atoms with Gasteiger partial charge >= 0.3 is 30.3 Å². The summed E-state index contributed by atoms with van der Waals surface area (Å²) in [5.41, 5.74) is 0. The number of rotatable bonds is 1. The minimum absolute atomic E-state index is 0.278. The second kappa shape index (κ2) is 10.3. The maximum absolute atomic E-state index is 10.8. The van der Waals surface area contributed by atoms with Crippen LogP contribution in [0.4, 0.5) is 26.3 Å². The molecule has 13 heteroatoms. The van der Waals surface area contributed by atoms with Gasteiger partial charge in [0, 0.05) is 0 Å². The van der Waals surface area contributed by atoms with E-state index in [1.807, 2.05) is 0 Å². The van der Waals surface area contributed by atoms with E-state index in [0.29, 0.717) is 5.92 Å². The van der Waals surface area contributed by atoms with Crippen LogP contribution in [0.3, 0.4) is 0 Å². The van der Waals surface area contributed by atoms with Gasteiger partial charge in [0.2, 0.25) is 0 Å². The summed E-state index contributed by atoms with van der Waals surface area (Å²) in [5.74, 6) is -4.76. The largest absolute Gasteiger partial charge is 0.490 e. The molecule has 0 bridgehead atoms. The number of hydrogen-bond donors (Lipinski definition) is 4. The van der Waals surface area contributed by atoms with Crippen LogP contribution >= 0.6 is 0 Å². The molecule has 0 spiro atoms. The van der Waals surface area contributed by atoms with Crippen LogP contribution in [0.5, 0.6) is 0 Å². The van der Waals surface area contributed by atoms with E-state index in [1.54, 1.807) is 0 Å². The van der Waals surface area contributed by atoms with Gasteiger partial charge in [0.05, 0.1) is 0 Å². The Bertz CT molecular complexity index is 497. The third kappa shape index (κ3) is 10.0. The average Bonchev–Trinajstić information content (AvgIpc) is 2.53. The van der Waals surface area contributed by atoms with Gasteiger partial charge in [-0.05, 0) is 31.2 Å². The van der Waals surface area contributed by atoms with Crippen molar-refractivity contribution in [2.45, 2.75) is 50.5 Å². The Morgan fingerprint density at radius 1 is 0.778 bits per heavy atom. The zero-order valence-electron chi connectivity index (χ0n) is 13.8. The first kappa shape index (κ1) is 24.9. The molecule has 0 aromatic carbocycles. The summed E-state index contributed by atoms with van der Waals surface area (Å²) < 4.78 is 63.5. The van der Waals surface area contributed by atoms with Gasteiger partial charge in [-0.2, -0.15) is 26.3 Å². The lowest BCUT2D eigenvalue weighted by Crippen LogP contribution is -2.48. The molecule has 1 heterocycles. The van der Waals surface area contributed by atoms with Crippen molar-refractivity contribution >= 4 is 17.9 Å². The number of piperidine rings is 1. The van der Waals surface area contributed by atoms with E-state index in [1.165, 1.54) is 25.7 Å². The van der Waals surface area contributed by atoms with E-state index < -0.39 is 30.3 Å². The first-order valence-electron chi connectivity index (χ1n) is 7.72. The Morgan fingerprint density at radius 2 is 1.15 bits per heavy atom. The number of nitrogens with one attached hydrogen (secondary N) is 1. The van der Waals surface area contributed by atoms with Crippen molar-refractivity contribution in [2.24, 2.45) is 11.8 Å². The summed E-state index contributed by atoms with van der Waals surface area (Å²) in [5, 5.41) is 26.2. The van der Waals surface area contributed by atoms with Crippen molar-refractivity contribution < 1.29 is 56.0 Å². The van der Waals surface area contributed by atoms with Gasteiger partial charge in [-0.3, -0.25) is 4.79 Å². The predicted octanol–water partition coefficient (Wildman–Crippen LogP) is 2.51. The van der Waals surface area contributed by atoms with Crippen molar-refractivity contribution in [3.8, 4) is 0 Å². The lowest BCUT2D eigenvalue weighted by molar-refractivity contribution is -0.193. The zero-order valence-corrected chi connectivity index (χ0v) is 13.8. The lowest BCUT2D eigenvalue weighted by atomic mass is 9.74. The molecule has 0 aromatic heterocycles. The Morgan fingerprint density at radius 3 is 1.48 bits per heavy atom. The molecule has 2 rings (SSSR count). The molecule has 0 amide bonds. The highest BCUT2D eigenvalue weighted by Gasteiger charge is 2.39. The molecule has 4 N–H and O–H groups in total. The van der Waals surface area contributed by atoms with Crippen molar-refractivity contribution in [1.82, 2.24) is 5.32 Å². The van der Waals surface area contributed by atoms with E-state index >= 15 is 0 Å². The van der Waals surface area contributed by atoms with Crippen molar-refractivity contribution in [2.75, 3.05) is 6.54 Å². The fourth-order valence-electron chi connectivity index (χ4n) is 2.73. The Kier molecular flexibility index (Phi) is 9.54. The number of carbonyl (C=O) groups is 3. The van der Waals surface area contributed by atoms with Crippen molar-refractivity contribution in [3.05, 3.63) is 0 Å². The number of aliphatic carboxylic acids is 3. The number of halogens is 6. The third-order valence-corrected chi connectivity index (χ3v) is 4.01. The molecule has 158 valence electrons. The van der Waals surface area contributed by atoms with Gasteiger partial charge in [-0.1, -0.05) is 19.3 Å². The highest BCUT2D eigenvalue weighted by Crippen LogP contribution is 2.35. The van der Waals surface area contributed by atoms with Gasteiger partial charge in [0.15, 0.2) is 0 Å². The van der Waals surface area contributed by atoms with E-state index in [-0.39, 0.29) is 6.04 Å². The molecule has 3 unspecified atom stereocenters. The summed E-state index contributed by atoms with van der Waals surface area (Å²) in [7, 11) is 0. The van der Waals surface area contributed by atoms with Crippen molar-refractivity contribution in [1.29, 1.82) is 0 Å². The minimum Gasteiger partial charge on any atom is -0.480 e. The molecule has 1 aliphatic heterocycles. The van der Waals surface area contributed by atoms with Crippen LogP contribution in [0.25, 0.3) is 0 Å². The fourth-order valence-corrected chi connectivity index (χ4v) is 2.73. The lowest BCUT2D eigenvalue weighted by Gasteiger charge is -2.38. The third-order valence-electron chi connectivity index (χ3n) is 4.01. The zero-order chi connectivity index (χ0) is 21.4. The number of carboxylic acids is 3. The number of carboxylic acid groups (broad SMARTS) is 3. The van der Waals surface area contributed by atoms with E-state index in [9.17, 15) is 31.1 Å². The summed E-state index contributed by atoms with van der Waals surface area (Å²) in [6, 6.07) is -0.278. The molecule has 2 fully saturated rings. The molecule has 3 atom stereocenters. The Balaban J connectivity index is 0.000000416. The van der Waals surface area contributed by atoms with E-state index in [2.05, 4.69) is 5.32 Å². The molecular formula is C14H19F6NO6. The fraction of sp³-hybridized carbons (Fsp3) is 0.786. The maximum Gasteiger partial charge on any atom is 0.490 e. The average molecular weight is 411 g/mol. The molecule has 1 saturated heterocycles. The highest BCUT2D eigenvalue weighted by atomic mass is 19.4. The normalized spacial score (nSPS) is 24.9. The molecule has 1 aliphatic carbocycles. The topological polar surface area (TPSA) is 124 Å². The van der Waals surface area contributed by atoms with Crippen LogP contribution in [-0.2, 0) is 14.4 Å². The minimum atomic E-state index is -5.08. The monoisotopic (exact) mass is 411 g/mol. The number of alkyl halides is 6. The van der Waals surface area contributed by atoms with Crippen molar-refractivity contribution in [3.63, 3.8) is 0 Å². The second-order valence-electron chi connectivity index (χ2n) is 5.95. The maximum atomic E-state index is 10.8. The van der Waals surface area contributed by atoms with Crippen LogP contribution in [-0.4, -0.2) is 58.2 Å². The SMILES string of the molecule is O=C(O)C(F)(F)F.O=C(O)C(F)(F)F.O=C(O)C1CC2CCCCC2CN1. The first-order valence-corrected chi connectivity index (χ1v) is 7.72. The Labute approximate surface area is 149 Å². The van der Waals surface area contributed by atoms with Crippen LogP contribution < -0.4 is 5.32 Å². The molecule has 0 radical (unpaired) electrons. The first-order chi connectivity index (χ1) is 12.2. The molecule has 7 nitrogen and oxygen atoms in total. The summed E-state index contributed by atoms with van der Waals surface area (Å²) >= 11 is 0. The van der Waals surface area contributed by atoms with Gasteiger partial charge < -0.3 is 20.6 Å². The summed E-state index contributed by atoms with van der Waals surface area (Å²) in [6.07, 6.45) is -4.14. The van der Waals surface area contributed by atoms with E-state index in [0.717, 1.165) is 18.9 Å². The standard InChI is InChI=1S/C10H17NO2.2C2HF3O2/c12-10(13)9-5-7-3-1-2-4-8(7)6-11-9;2*3-2(4,5)1(6)7/h7-9,11H,1-6H2,(H,12,13);2*(H,6,7). The van der Waals surface area contributed by atoms with Gasteiger partial charge in [-0.25, -0.2) is 9.59 Å². The molecule has 1 saturated carbocycles. The summed E-state index contributed by atoms with van der Waals surface area (Å²) in [6.45, 7) is 0.918.